The Morgan fingerprint density at radius 1 is 1.32 bits per heavy atom. The molecule has 1 unspecified atom stereocenters. The molecule has 0 amide bonds. The Morgan fingerprint density at radius 2 is 2.05 bits per heavy atom. The maximum atomic E-state index is 13.5. The summed E-state index contributed by atoms with van der Waals surface area (Å²) in [5, 5.41) is 0. The quantitative estimate of drug-likeness (QED) is 0.489. The van der Waals surface area contributed by atoms with Crippen LogP contribution in [0.2, 0.25) is 0 Å². The molecule has 1 aromatic heterocycles. The Morgan fingerprint density at radius 3 is 2.63 bits per heavy atom. The van der Waals surface area contributed by atoms with Gasteiger partial charge in [-0.1, -0.05) is 12.1 Å². The van der Waals surface area contributed by atoms with Crippen LogP contribution < -0.4 is 11.3 Å². The summed E-state index contributed by atoms with van der Waals surface area (Å²) in [5.41, 5.74) is 3.66. The molecule has 19 heavy (non-hydrogen) atoms. The van der Waals surface area contributed by atoms with Crippen LogP contribution in [-0.4, -0.2) is 0 Å². The predicted octanol–water partition coefficient (Wildman–Crippen LogP) is 4.92. The average Bonchev–Trinajstić information content (AvgIpc) is 2.71. The molecule has 1 aromatic carbocycles. The van der Waals surface area contributed by atoms with Gasteiger partial charge in [0.25, 0.3) is 0 Å². The highest BCUT2D eigenvalue weighted by atomic mass is 79.9. The molecule has 2 rings (SSSR count). The van der Waals surface area contributed by atoms with Crippen LogP contribution in [0, 0.1) is 5.82 Å². The number of rotatable bonds is 4. The number of nitrogens with two attached hydrogens (primary N) is 1. The second kappa shape index (κ2) is 6.78. The Labute approximate surface area is 139 Å². The number of halogens is 4. The number of hydrazine groups is 1. The van der Waals surface area contributed by atoms with E-state index >= 15 is 0 Å². The van der Waals surface area contributed by atoms with Crippen molar-refractivity contribution in [3.8, 4) is 0 Å². The van der Waals surface area contributed by atoms with Crippen LogP contribution >= 0.6 is 59.1 Å². The number of hydrogen-bond donors (Lipinski definition) is 2. The zero-order valence-corrected chi connectivity index (χ0v) is 15.2. The van der Waals surface area contributed by atoms with Gasteiger partial charge in [-0.3, -0.25) is 11.3 Å². The van der Waals surface area contributed by atoms with Crippen LogP contribution in [0.3, 0.4) is 0 Å². The van der Waals surface area contributed by atoms with Gasteiger partial charge in [0, 0.05) is 9.35 Å². The molecule has 0 aliphatic carbocycles. The molecule has 0 aliphatic rings. The van der Waals surface area contributed by atoms with Crippen molar-refractivity contribution in [3.63, 3.8) is 0 Å². The molecule has 2 aromatic rings. The summed E-state index contributed by atoms with van der Waals surface area (Å²) in [7, 11) is 0. The summed E-state index contributed by atoms with van der Waals surface area (Å²) >= 11 is 11.8. The Kier molecular flexibility index (Phi) is 5.56. The van der Waals surface area contributed by atoms with Gasteiger partial charge in [-0.05, 0) is 71.9 Å². The van der Waals surface area contributed by atoms with Gasteiger partial charge < -0.3 is 0 Å². The first-order chi connectivity index (χ1) is 9.02. The summed E-state index contributed by atoms with van der Waals surface area (Å²) in [5.74, 6) is 5.35. The molecule has 2 nitrogen and oxygen atoms in total. The number of hydrogen-bond acceptors (Lipinski definition) is 3. The van der Waals surface area contributed by atoms with Crippen LogP contribution in [0.4, 0.5) is 4.39 Å². The molecular weight excluding hydrogens is 463 g/mol. The normalized spacial score (nSPS) is 12.7. The van der Waals surface area contributed by atoms with Crippen molar-refractivity contribution in [1.29, 1.82) is 0 Å². The third kappa shape index (κ3) is 3.65. The Hall–Kier alpha value is 0.210. The van der Waals surface area contributed by atoms with E-state index in [2.05, 4.69) is 53.2 Å². The first kappa shape index (κ1) is 15.6. The maximum Gasteiger partial charge on any atom is 0.137 e. The molecule has 1 heterocycles. The van der Waals surface area contributed by atoms with E-state index < -0.39 is 0 Å². The summed E-state index contributed by atoms with van der Waals surface area (Å²) in [6.45, 7) is 0. The SMILES string of the molecule is NNC(Cc1cccc(F)c1Br)c1cc(Br)c(Br)s1. The summed E-state index contributed by atoms with van der Waals surface area (Å²) in [6.07, 6.45) is 0.605. The first-order valence-electron chi connectivity index (χ1n) is 5.36. The molecule has 0 fully saturated rings. The lowest BCUT2D eigenvalue weighted by Crippen LogP contribution is -2.29. The molecular formula is C12H10Br3FN2S. The Balaban J connectivity index is 2.26. The van der Waals surface area contributed by atoms with E-state index in [-0.39, 0.29) is 11.9 Å². The molecule has 0 bridgehead atoms. The molecule has 7 heteroatoms. The summed E-state index contributed by atoms with van der Waals surface area (Å²) in [4.78, 5) is 1.08. The number of nitrogens with one attached hydrogen (secondary N) is 1. The van der Waals surface area contributed by atoms with Crippen LogP contribution in [0.5, 0.6) is 0 Å². The lowest BCUT2D eigenvalue weighted by atomic mass is 10.1. The molecule has 0 saturated heterocycles. The second-order valence-electron chi connectivity index (χ2n) is 3.91. The molecule has 1 atom stereocenters. The fourth-order valence-electron chi connectivity index (χ4n) is 1.70. The fourth-order valence-corrected chi connectivity index (χ4v) is 4.28. The maximum absolute atomic E-state index is 13.5. The zero-order chi connectivity index (χ0) is 14.0. The van der Waals surface area contributed by atoms with Crippen LogP contribution in [-0.2, 0) is 6.42 Å². The van der Waals surface area contributed by atoms with Crippen molar-refractivity contribution in [2.75, 3.05) is 0 Å². The first-order valence-corrected chi connectivity index (χ1v) is 8.56. The van der Waals surface area contributed by atoms with Gasteiger partial charge >= 0.3 is 0 Å². The van der Waals surface area contributed by atoms with Crippen molar-refractivity contribution in [3.05, 3.63) is 53.3 Å². The topological polar surface area (TPSA) is 38.0 Å². The van der Waals surface area contributed by atoms with Gasteiger partial charge in [-0.2, -0.15) is 0 Å². The van der Waals surface area contributed by atoms with Crippen molar-refractivity contribution >= 4 is 59.1 Å². The minimum absolute atomic E-state index is 0.0642. The van der Waals surface area contributed by atoms with E-state index in [0.29, 0.717) is 10.9 Å². The van der Waals surface area contributed by atoms with Gasteiger partial charge in [0.15, 0.2) is 0 Å². The molecule has 0 saturated carbocycles. The van der Waals surface area contributed by atoms with Gasteiger partial charge in [-0.25, -0.2) is 4.39 Å². The smallest absolute Gasteiger partial charge is 0.137 e. The van der Waals surface area contributed by atoms with Crippen LogP contribution in [0.25, 0.3) is 0 Å². The largest absolute Gasteiger partial charge is 0.271 e. The van der Waals surface area contributed by atoms with Crippen molar-refractivity contribution < 1.29 is 4.39 Å². The highest BCUT2D eigenvalue weighted by molar-refractivity contribution is 9.13. The monoisotopic (exact) mass is 470 g/mol. The van der Waals surface area contributed by atoms with E-state index in [1.165, 1.54) is 6.07 Å². The third-order valence-corrected chi connectivity index (χ3v) is 6.92. The van der Waals surface area contributed by atoms with E-state index in [4.69, 9.17) is 5.84 Å². The van der Waals surface area contributed by atoms with E-state index in [1.807, 2.05) is 12.1 Å². The summed E-state index contributed by atoms with van der Waals surface area (Å²) in [6, 6.07) is 6.95. The van der Waals surface area contributed by atoms with Gasteiger partial charge in [0.05, 0.1) is 14.3 Å². The second-order valence-corrected chi connectivity index (χ2v) is 7.96. The zero-order valence-electron chi connectivity index (χ0n) is 9.59. The standard InChI is InChI=1S/C12H10Br3FN2S/c13-7-5-10(19-12(7)15)9(18-17)4-6-2-1-3-8(16)11(6)14/h1-3,5,9,18H,4,17H2. The van der Waals surface area contributed by atoms with Crippen molar-refractivity contribution in [2.24, 2.45) is 5.84 Å². The van der Waals surface area contributed by atoms with Gasteiger partial charge in [0.1, 0.15) is 5.82 Å². The lowest BCUT2D eigenvalue weighted by Gasteiger charge is -2.15. The highest BCUT2D eigenvalue weighted by Gasteiger charge is 2.17. The molecule has 102 valence electrons. The van der Waals surface area contributed by atoms with E-state index in [1.54, 1.807) is 17.4 Å². The van der Waals surface area contributed by atoms with Crippen molar-refractivity contribution in [1.82, 2.24) is 5.43 Å². The third-order valence-electron chi connectivity index (χ3n) is 2.66. The minimum atomic E-state index is -0.262. The van der Waals surface area contributed by atoms with Crippen molar-refractivity contribution in [2.45, 2.75) is 12.5 Å². The van der Waals surface area contributed by atoms with E-state index in [9.17, 15) is 4.39 Å². The molecule has 3 N–H and O–H groups in total. The molecule has 0 spiro atoms. The lowest BCUT2D eigenvalue weighted by molar-refractivity contribution is 0.554. The minimum Gasteiger partial charge on any atom is -0.271 e. The Bertz CT molecular complexity index is 569. The predicted molar refractivity (Wildman–Crippen MR) is 87.6 cm³/mol. The molecule has 0 aliphatic heterocycles. The van der Waals surface area contributed by atoms with E-state index in [0.717, 1.165) is 18.7 Å². The van der Waals surface area contributed by atoms with Crippen LogP contribution in [0.15, 0.2) is 37.0 Å². The fraction of sp³-hybridized carbons (Fsp3) is 0.167. The number of benzene rings is 1. The molecule has 0 radical (unpaired) electrons. The van der Waals surface area contributed by atoms with Crippen LogP contribution in [0.1, 0.15) is 16.5 Å². The number of thiophene rings is 1. The summed E-state index contributed by atoms with van der Waals surface area (Å²) < 4.78 is 16.0. The highest BCUT2D eigenvalue weighted by Crippen LogP contribution is 2.37. The van der Waals surface area contributed by atoms with Gasteiger partial charge in [0.2, 0.25) is 0 Å². The van der Waals surface area contributed by atoms with Gasteiger partial charge in [-0.15, -0.1) is 11.3 Å². The average molecular weight is 473 g/mol.